The van der Waals surface area contributed by atoms with Crippen LogP contribution in [0, 0.1) is 5.41 Å². The van der Waals surface area contributed by atoms with Gasteiger partial charge in [-0.05, 0) is 40.0 Å². The van der Waals surface area contributed by atoms with E-state index in [1.165, 1.54) is 4.90 Å². The third kappa shape index (κ3) is 4.12. The molecule has 0 saturated heterocycles. The zero-order valence-electron chi connectivity index (χ0n) is 15.3. The van der Waals surface area contributed by atoms with Crippen LogP contribution in [0.15, 0.2) is 9.59 Å². The second kappa shape index (κ2) is 6.34. The molecule has 0 aliphatic carbocycles. The van der Waals surface area contributed by atoms with Gasteiger partial charge in [-0.3, -0.25) is 14.5 Å². The molecule has 23 heavy (non-hydrogen) atoms. The molecule has 1 atom stereocenters. The second-order valence-electron chi connectivity index (χ2n) is 7.66. The first-order chi connectivity index (χ1) is 10.3. The Balaban J connectivity index is 3.37. The summed E-state index contributed by atoms with van der Waals surface area (Å²) in [6, 6.07) is -0.361. The summed E-state index contributed by atoms with van der Waals surface area (Å²) in [5.41, 5.74) is -2.45. The van der Waals surface area contributed by atoms with E-state index in [9.17, 15) is 14.4 Å². The van der Waals surface area contributed by atoms with E-state index in [0.717, 1.165) is 0 Å². The Morgan fingerprint density at radius 1 is 1.09 bits per heavy atom. The van der Waals surface area contributed by atoms with E-state index in [1.54, 1.807) is 27.7 Å². The van der Waals surface area contributed by atoms with Gasteiger partial charge in [0.15, 0.2) is 5.75 Å². The van der Waals surface area contributed by atoms with Gasteiger partial charge in [0.25, 0.3) is 10.9 Å². The summed E-state index contributed by atoms with van der Waals surface area (Å²) in [7, 11) is 0. The third-order valence-corrected chi connectivity index (χ3v) is 3.60. The standard InChI is InChI=1S/C17H27NO5/c1-9-22-14-11(12(19)13(14)20)18(10(2)16(3,4)5)15(21)23-17(6,7)8/h10H,9H2,1-8H3. The third-order valence-electron chi connectivity index (χ3n) is 3.60. The number of anilines is 1. The lowest BCUT2D eigenvalue weighted by atomic mass is 9.86. The molecule has 1 aromatic rings. The molecule has 6 heteroatoms. The first-order valence-corrected chi connectivity index (χ1v) is 7.79. The van der Waals surface area contributed by atoms with Crippen LogP contribution in [0.3, 0.4) is 0 Å². The van der Waals surface area contributed by atoms with Crippen molar-refractivity contribution in [2.45, 2.75) is 67.0 Å². The van der Waals surface area contributed by atoms with Crippen LogP contribution in [-0.2, 0) is 4.74 Å². The van der Waals surface area contributed by atoms with Crippen LogP contribution in [-0.4, -0.2) is 24.3 Å². The first kappa shape index (κ1) is 19.2. The highest BCUT2D eigenvalue weighted by molar-refractivity contribution is 5.91. The van der Waals surface area contributed by atoms with Crippen LogP contribution in [0.25, 0.3) is 0 Å². The number of nitrogens with zero attached hydrogens (tertiary/aromatic N) is 1. The monoisotopic (exact) mass is 325 g/mol. The average Bonchev–Trinajstić information content (AvgIpc) is 2.38. The van der Waals surface area contributed by atoms with Crippen molar-refractivity contribution in [2.75, 3.05) is 11.5 Å². The molecular formula is C17H27NO5. The quantitative estimate of drug-likeness (QED) is 0.796. The van der Waals surface area contributed by atoms with E-state index >= 15 is 0 Å². The summed E-state index contributed by atoms with van der Waals surface area (Å²) in [6.07, 6.45) is -0.659. The number of amides is 1. The SMILES string of the molecule is CCOc1c(N(C(=O)OC(C)(C)C)C(C)C(C)(C)C)c(=O)c1=O. The number of hydrogen-bond donors (Lipinski definition) is 0. The number of carbonyl (C=O) groups excluding carboxylic acids is 1. The maximum Gasteiger partial charge on any atom is 0.415 e. The average molecular weight is 325 g/mol. The highest BCUT2D eigenvalue weighted by Gasteiger charge is 2.40. The molecule has 1 aromatic carbocycles. The molecule has 0 radical (unpaired) electrons. The van der Waals surface area contributed by atoms with Crippen molar-refractivity contribution in [1.82, 2.24) is 0 Å². The van der Waals surface area contributed by atoms with Gasteiger partial charge in [-0.1, -0.05) is 20.8 Å². The van der Waals surface area contributed by atoms with Crippen LogP contribution >= 0.6 is 0 Å². The molecular weight excluding hydrogens is 298 g/mol. The number of hydrogen-bond acceptors (Lipinski definition) is 5. The van der Waals surface area contributed by atoms with Crippen molar-refractivity contribution in [2.24, 2.45) is 5.41 Å². The molecule has 0 spiro atoms. The number of rotatable bonds is 4. The summed E-state index contributed by atoms with van der Waals surface area (Å²) >= 11 is 0. The first-order valence-electron chi connectivity index (χ1n) is 7.79. The van der Waals surface area contributed by atoms with Crippen LogP contribution < -0.4 is 20.5 Å². The van der Waals surface area contributed by atoms with E-state index in [2.05, 4.69) is 0 Å². The highest BCUT2D eigenvalue weighted by atomic mass is 16.6. The lowest BCUT2D eigenvalue weighted by molar-refractivity contribution is 0.0542. The van der Waals surface area contributed by atoms with Gasteiger partial charge in [-0.25, -0.2) is 4.79 Å². The molecule has 0 aliphatic heterocycles. The van der Waals surface area contributed by atoms with Gasteiger partial charge in [0, 0.05) is 6.04 Å². The summed E-state index contributed by atoms with van der Waals surface area (Å²) in [6.45, 7) is 14.8. The van der Waals surface area contributed by atoms with E-state index in [0.29, 0.717) is 0 Å². The van der Waals surface area contributed by atoms with Gasteiger partial charge in [0.05, 0.1) is 6.61 Å². The molecule has 1 unspecified atom stereocenters. The fourth-order valence-corrected chi connectivity index (χ4v) is 2.00. The molecule has 0 N–H and O–H groups in total. The van der Waals surface area contributed by atoms with Gasteiger partial charge in [-0.15, -0.1) is 0 Å². The van der Waals surface area contributed by atoms with Crippen LogP contribution in [0.2, 0.25) is 0 Å². The minimum atomic E-state index is -0.713. The molecule has 0 fully saturated rings. The van der Waals surface area contributed by atoms with Crippen molar-refractivity contribution >= 4 is 11.8 Å². The molecule has 6 nitrogen and oxygen atoms in total. The molecule has 1 rings (SSSR count). The van der Waals surface area contributed by atoms with Crippen molar-refractivity contribution in [3.63, 3.8) is 0 Å². The maximum absolute atomic E-state index is 12.6. The van der Waals surface area contributed by atoms with Gasteiger partial charge >= 0.3 is 6.09 Å². The van der Waals surface area contributed by atoms with Crippen LogP contribution in [0.4, 0.5) is 10.5 Å². The van der Waals surface area contributed by atoms with Crippen molar-refractivity contribution in [3.8, 4) is 5.75 Å². The van der Waals surface area contributed by atoms with Crippen molar-refractivity contribution in [3.05, 3.63) is 20.4 Å². The molecule has 0 bridgehead atoms. The normalized spacial score (nSPS) is 13.7. The second-order valence-corrected chi connectivity index (χ2v) is 7.66. The van der Waals surface area contributed by atoms with E-state index < -0.39 is 22.6 Å². The Kier molecular flexibility index (Phi) is 5.29. The molecule has 0 aromatic heterocycles. The molecule has 1 amide bonds. The fourth-order valence-electron chi connectivity index (χ4n) is 2.00. The van der Waals surface area contributed by atoms with Crippen molar-refractivity contribution < 1.29 is 14.3 Å². The molecule has 0 heterocycles. The smallest absolute Gasteiger partial charge is 0.415 e. The molecule has 0 saturated carbocycles. The fraction of sp³-hybridized carbons (Fsp3) is 0.706. The topological polar surface area (TPSA) is 72.9 Å². The van der Waals surface area contributed by atoms with E-state index in [4.69, 9.17) is 9.47 Å². The lowest BCUT2D eigenvalue weighted by Crippen LogP contribution is -2.53. The zero-order chi connectivity index (χ0) is 18.2. The Morgan fingerprint density at radius 2 is 1.61 bits per heavy atom. The summed E-state index contributed by atoms with van der Waals surface area (Å²) in [4.78, 5) is 37.7. The summed E-state index contributed by atoms with van der Waals surface area (Å²) in [5.74, 6) is -0.0561. The molecule has 0 aliphatic rings. The molecule has 130 valence electrons. The highest BCUT2D eigenvalue weighted by Crippen LogP contribution is 2.33. The van der Waals surface area contributed by atoms with Gasteiger partial charge in [0.1, 0.15) is 11.3 Å². The lowest BCUT2D eigenvalue weighted by Gasteiger charge is -2.39. The minimum Gasteiger partial charge on any atom is -0.488 e. The van der Waals surface area contributed by atoms with Crippen LogP contribution in [0.1, 0.15) is 55.4 Å². The van der Waals surface area contributed by atoms with E-state index in [1.807, 2.05) is 27.7 Å². The summed E-state index contributed by atoms with van der Waals surface area (Å²) < 4.78 is 10.7. The van der Waals surface area contributed by atoms with E-state index in [-0.39, 0.29) is 29.5 Å². The maximum atomic E-state index is 12.6. The number of carbonyl (C=O) groups is 1. The number of ether oxygens (including phenoxy) is 2. The Bertz CT molecular complexity index is 641. The van der Waals surface area contributed by atoms with Gasteiger partial charge < -0.3 is 9.47 Å². The van der Waals surface area contributed by atoms with Crippen molar-refractivity contribution in [1.29, 1.82) is 0 Å². The van der Waals surface area contributed by atoms with Gasteiger partial charge in [0.2, 0.25) is 0 Å². The predicted molar refractivity (Wildman–Crippen MR) is 90.2 cm³/mol. The Morgan fingerprint density at radius 3 is 2.00 bits per heavy atom. The van der Waals surface area contributed by atoms with Crippen LogP contribution in [0.5, 0.6) is 5.75 Å². The largest absolute Gasteiger partial charge is 0.488 e. The zero-order valence-corrected chi connectivity index (χ0v) is 15.3. The Hall–Kier alpha value is -1.85. The Labute approximate surface area is 137 Å². The summed E-state index contributed by atoms with van der Waals surface area (Å²) in [5, 5.41) is 0. The predicted octanol–water partition coefficient (Wildman–Crippen LogP) is 2.86. The van der Waals surface area contributed by atoms with Gasteiger partial charge in [-0.2, -0.15) is 0 Å². The minimum absolute atomic E-state index is 0.00600.